The van der Waals surface area contributed by atoms with Crippen molar-refractivity contribution in [2.45, 2.75) is 38.9 Å². The topological polar surface area (TPSA) is 52.4 Å². The molecule has 0 radical (unpaired) electrons. The zero-order chi connectivity index (χ0) is 15.0. The van der Waals surface area contributed by atoms with E-state index in [9.17, 15) is 14.5 Å². The number of nitro groups is 1. The van der Waals surface area contributed by atoms with E-state index in [1.54, 1.807) is 0 Å². The second-order valence-corrected chi connectivity index (χ2v) is 11.4. The first-order valence-corrected chi connectivity index (χ1v) is 9.48. The minimum Gasteiger partial charge on any atom is -0.541 e. The van der Waals surface area contributed by atoms with E-state index in [0.717, 1.165) is 12.1 Å². The minimum absolute atomic E-state index is 0.0542. The van der Waals surface area contributed by atoms with Gasteiger partial charge in [0.2, 0.25) is 0 Å². The van der Waals surface area contributed by atoms with E-state index in [-0.39, 0.29) is 20.9 Å². The van der Waals surface area contributed by atoms with Crippen LogP contribution in [0.25, 0.3) is 0 Å². The first kappa shape index (κ1) is 16.1. The fraction of sp³-hybridized carbons (Fsp3) is 0.500. The number of halogens is 2. The van der Waals surface area contributed by atoms with Gasteiger partial charge in [-0.1, -0.05) is 20.8 Å². The third-order valence-electron chi connectivity index (χ3n) is 3.37. The quantitative estimate of drug-likeness (QED) is 0.443. The van der Waals surface area contributed by atoms with Gasteiger partial charge in [0.15, 0.2) is 5.82 Å². The van der Waals surface area contributed by atoms with Gasteiger partial charge < -0.3 is 4.43 Å². The Kier molecular flexibility index (Phi) is 4.41. The summed E-state index contributed by atoms with van der Waals surface area (Å²) in [5.41, 5.74) is -0.199. The van der Waals surface area contributed by atoms with Crippen LogP contribution in [0.5, 0.6) is 5.75 Å². The first-order valence-electron chi connectivity index (χ1n) is 5.78. The van der Waals surface area contributed by atoms with Crippen molar-refractivity contribution < 1.29 is 13.7 Å². The number of hydrogen-bond donors (Lipinski definition) is 0. The summed E-state index contributed by atoms with van der Waals surface area (Å²) in [5.74, 6) is -0.649. The molecule has 0 N–H and O–H groups in total. The molecule has 0 fully saturated rings. The van der Waals surface area contributed by atoms with Crippen molar-refractivity contribution in [3.63, 3.8) is 0 Å². The highest BCUT2D eigenvalue weighted by Crippen LogP contribution is 2.40. The van der Waals surface area contributed by atoms with Crippen LogP contribution >= 0.6 is 15.9 Å². The van der Waals surface area contributed by atoms with Crippen LogP contribution in [0.4, 0.5) is 10.1 Å². The molecule has 7 heteroatoms. The van der Waals surface area contributed by atoms with Gasteiger partial charge in [0.1, 0.15) is 5.75 Å². The highest BCUT2D eigenvalue weighted by Gasteiger charge is 2.39. The zero-order valence-electron chi connectivity index (χ0n) is 11.6. The van der Waals surface area contributed by atoms with Gasteiger partial charge in [-0.05, 0) is 40.1 Å². The van der Waals surface area contributed by atoms with Crippen LogP contribution in [0.15, 0.2) is 16.6 Å². The van der Waals surface area contributed by atoms with Crippen LogP contribution < -0.4 is 4.43 Å². The lowest BCUT2D eigenvalue weighted by Crippen LogP contribution is -2.44. The molecule has 0 spiro atoms. The molecule has 0 bridgehead atoms. The second-order valence-electron chi connectivity index (χ2n) is 5.85. The van der Waals surface area contributed by atoms with Crippen LogP contribution in [-0.2, 0) is 0 Å². The molecule has 1 aromatic rings. The van der Waals surface area contributed by atoms with Crippen molar-refractivity contribution in [3.05, 3.63) is 32.5 Å². The maximum Gasteiger partial charge on any atom is 0.287 e. The van der Waals surface area contributed by atoms with Gasteiger partial charge in [-0.3, -0.25) is 10.1 Å². The molecule has 0 aliphatic carbocycles. The Bertz CT molecular complexity index is 514. The Morgan fingerprint density at radius 1 is 1.37 bits per heavy atom. The highest BCUT2D eigenvalue weighted by atomic mass is 79.9. The molecule has 0 aliphatic rings. The van der Waals surface area contributed by atoms with E-state index in [4.69, 9.17) is 4.43 Å². The lowest BCUT2D eigenvalue weighted by molar-refractivity contribution is -0.385. The fourth-order valence-corrected chi connectivity index (χ4v) is 2.64. The standard InChI is InChI=1S/C12H17BrFNO3Si/c1-12(2,3)19(4,5)18-11-7-10(15(16)17)8(13)6-9(11)14/h6-7H,1-5H3. The summed E-state index contributed by atoms with van der Waals surface area (Å²) in [7, 11) is -2.23. The molecule has 0 saturated heterocycles. The third kappa shape index (κ3) is 3.53. The number of rotatable bonds is 3. The van der Waals surface area contributed by atoms with Gasteiger partial charge in [0.05, 0.1) is 15.5 Å². The molecule has 4 nitrogen and oxygen atoms in total. The average Bonchev–Trinajstić information content (AvgIpc) is 2.19. The molecule has 0 amide bonds. The van der Waals surface area contributed by atoms with Gasteiger partial charge in [-0.15, -0.1) is 0 Å². The number of nitrogens with zero attached hydrogens (tertiary/aromatic N) is 1. The Morgan fingerprint density at radius 2 is 1.89 bits per heavy atom. The molecule has 0 saturated carbocycles. The van der Waals surface area contributed by atoms with E-state index in [1.165, 1.54) is 0 Å². The Hall–Kier alpha value is -0.953. The molecular formula is C12H17BrFNO3Si. The van der Waals surface area contributed by atoms with Crippen molar-refractivity contribution in [1.29, 1.82) is 0 Å². The fourth-order valence-electron chi connectivity index (χ4n) is 1.16. The minimum atomic E-state index is -2.23. The van der Waals surface area contributed by atoms with Crippen molar-refractivity contribution in [1.82, 2.24) is 0 Å². The average molecular weight is 350 g/mol. The number of benzene rings is 1. The third-order valence-corrected chi connectivity index (χ3v) is 8.35. The molecule has 0 aromatic heterocycles. The molecule has 0 unspecified atom stereocenters. The maximum atomic E-state index is 13.9. The molecule has 19 heavy (non-hydrogen) atoms. The monoisotopic (exact) mass is 349 g/mol. The summed E-state index contributed by atoms with van der Waals surface area (Å²) in [6.07, 6.45) is 0. The van der Waals surface area contributed by atoms with E-state index >= 15 is 0 Å². The number of nitro benzene ring substituents is 1. The summed E-state index contributed by atoms with van der Waals surface area (Å²) in [6.45, 7) is 9.97. The van der Waals surface area contributed by atoms with E-state index in [2.05, 4.69) is 15.9 Å². The summed E-state index contributed by atoms with van der Waals surface area (Å²) in [6, 6.07) is 2.21. The van der Waals surface area contributed by atoms with Crippen LogP contribution in [-0.4, -0.2) is 13.2 Å². The van der Waals surface area contributed by atoms with Crippen molar-refractivity contribution >= 4 is 29.9 Å². The molecule has 0 atom stereocenters. The molecule has 0 aliphatic heterocycles. The van der Waals surface area contributed by atoms with Crippen molar-refractivity contribution in [3.8, 4) is 5.75 Å². The summed E-state index contributed by atoms with van der Waals surface area (Å²) in [5, 5.41) is 10.7. The van der Waals surface area contributed by atoms with E-state index in [1.807, 2.05) is 33.9 Å². The van der Waals surface area contributed by atoms with Crippen LogP contribution in [0, 0.1) is 15.9 Å². The molecule has 1 rings (SSSR count). The summed E-state index contributed by atoms with van der Waals surface area (Å²) >= 11 is 2.98. The predicted octanol–water partition coefficient (Wildman–Crippen LogP) is 4.88. The zero-order valence-corrected chi connectivity index (χ0v) is 14.2. The lowest BCUT2D eigenvalue weighted by Gasteiger charge is -2.36. The van der Waals surface area contributed by atoms with Gasteiger partial charge in [0.25, 0.3) is 14.0 Å². The van der Waals surface area contributed by atoms with Crippen molar-refractivity contribution in [2.75, 3.05) is 0 Å². The first-order chi connectivity index (χ1) is 8.45. The molecule has 1 aromatic carbocycles. The Balaban J connectivity index is 3.22. The number of hydrogen-bond acceptors (Lipinski definition) is 3. The van der Waals surface area contributed by atoms with Gasteiger partial charge in [-0.2, -0.15) is 0 Å². The van der Waals surface area contributed by atoms with Crippen LogP contribution in [0.3, 0.4) is 0 Å². The van der Waals surface area contributed by atoms with Crippen LogP contribution in [0.2, 0.25) is 18.1 Å². The van der Waals surface area contributed by atoms with E-state index < -0.39 is 19.1 Å². The smallest absolute Gasteiger partial charge is 0.287 e. The Labute approximate surface area is 121 Å². The Morgan fingerprint density at radius 3 is 2.32 bits per heavy atom. The second kappa shape index (κ2) is 5.20. The molecule has 0 heterocycles. The lowest BCUT2D eigenvalue weighted by atomic mass is 10.2. The summed E-state index contributed by atoms with van der Waals surface area (Å²) in [4.78, 5) is 10.3. The largest absolute Gasteiger partial charge is 0.541 e. The van der Waals surface area contributed by atoms with Gasteiger partial charge in [0, 0.05) is 0 Å². The predicted molar refractivity (Wildman–Crippen MR) is 78.6 cm³/mol. The summed E-state index contributed by atoms with van der Waals surface area (Å²) < 4.78 is 19.7. The van der Waals surface area contributed by atoms with Gasteiger partial charge in [-0.25, -0.2) is 4.39 Å². The van der Waals surface area contributed by atoms with Crippen molar-refractivity contribution in [2.24, 2.45) is 0 Å². The maximum absolute atomic E-state index is 13.9. The molecular weight excluding hydrogens is 333 g/mol. The molecule has 106 valence electrons. The normalized spacial score (nSPS) is 12.4. The highest BCUT2D eigenvalue weighted by molar-refractivity contribution is 9.10. The van der Waals surface area contributed by atoms with E-state index in [0.29, 0.717) is 0 Å². The van der Waals surface area contributed by atoms with Gasteiger partial charge >= 0.3 is 0 Å². The van der Waals surface area contributed by atoms with Crippen LogP contribution in [0.1, 0.15) is 20.8 Å². The SMILES string of the molecule is CC(C)(C)[Si](C)(C)Oc1cc([N+](=O)[O-])c(Br)cc1F.